The molecular formula is C16H23N3O2. The first-order valence-corrected chi connectivity index (χ1v) is 7.51. The van der Waals surface area contributed by atoms with E-state index >= 15 is 0 Å². The van der Waals surface area contributed by atoms with E-state index in [1.807, 2.05) is 25.1 Å². The Hall–Kier alpha value is -2.04. The van der Waals surface area contributed by atoms with Gasteiger partial charge in [0.1, 0.15) is 0 Å². The number of amides is 2. The smallest absolute Gasteiger partial charge is 0.254 e. The fraction of sp³-hybridized carbons (Fsp3) is 0.500. The standard InChI is InChI=1S/C16H23N3O2/c1-3-9-18-15(20)11-19(2)16(21)13-6-4-8-14-12(13)7-5-10-17-14/h4,6,8,17H,3,5,7,9-11H2,1-2H3,(H,18,20). The van der Waals surface area contributed by atoms with Crippen molar-refractivity contribution < 1.29 is 9.59 Å². The zero-order chi connectivity index (χ0) is 15.2. The molecule has 0 aromatic heterocycles. The molecule has 0 saturated heterocycles. The van der Waals surface area contributed by atoms with Crippen molar-refractivity contribution in [3.05, 3.63) is 29.3 Å². The molecule has 21 heavy (non-hydrogen) atoms. The monoisotopic (exact) mass is 289 g/mol. The molecule has 1 heterocycles. The summed E-state index contributed by atoms with van der Waals surface area (Å²) in [5.74, 6) is -0.210. The lowest BCUT2D eigenvalue weighted by molar-refractivity contribution is -0.121. The van der Waals surface area contributed by atoms with Gasteiger partial charge in [-0.2, -0.15) is 0 Å². The number of nitrogens with one attached hydrogen (secondary N) is 2. The summed E-state index contributed by atoms with van der Waals surface area (Å²) in [6.07, 6.45) is 2.82. The summed E-state index contributed by atoms with van der Waals surface area (Å²) in [5, 5.41) is 6.10. The fourth-order valence-corrected chi connectivity index (χ4v) is 2.52. The van der Waals surface area contributed by atoms with Crippen molar-refractivity contribution in [2.45, 2.75) is 26.2 Å². The van der Waals surface area contributed by atoms with Crippen molar-refractivity contribution in [3.63, 3.8) is 0 Å². The van der Waals surface area contributed by atoms with Crippen molar-refractivity contribution in [1.29, 1.82) is 0 Å². The highest BCUT2D eigenvalue weighted by molar-refractivity contribution is 5.99. The maximum Gasteiger partial charge on any atom is 0.254 e. The lowest BCUT2D eigenvalue weighted by Crippen LogP contribution is -2.39. The molecule has 5 nitrogen and oxygen atoms in total. The normalized spacial score (nSPS) is 13.0. The minimum atomic E-state index is -0.115. The Kier molecular flexibility index (Phi) is 5.20. The Balaban J connectivity index is 2.07. The van der Waals surface area contributed by atoms with Crippen LogP contribution in [0.25, 0.3) is 0 Å². The van der Waals surface area contributed by atoms with Crippen LogP contribution >= 0.6 is 0 Å². The predicted molar refractivity (Wildman–Crippen MR) is 83.5 cm³/mol. The summed E-state index contributed by atoms with van der Waals surface area (Å²) in [5.41, 5.74) is 2.80. The van der Waals surface area contributed by atoms with Gasteiger partial charge in [0.25, 0.3) is 5.91 Å². The van der Waals surface area contributed by atoms with E-state index in [0.717, 1.165) is 37.1 Å². The molecule has 5 heteroatoms. The molecule has 1 aliphatic rings. The van der Waals surface area contributed by atoms with Gasteiger partial charge in [0.15, 0.2) is 0 Å². The summed E-state index contributed by atoms with van der Waals surface area (Å²) in [7, 11) is 1.67. The molecule has 1 aromatic rings. The van der Waals surface area contributed by atoms with Crippen molar-refractivity contribution in [2.75, 3.05) is 32.0 Å². The van der Waals surface area contributed by atoms with Crippen molar-refractivity contribution in [1.82, 2.24) is 10.2 Å². The van der Waals surface area contributed by atoms with Gasteiger partial charge < -0.3 is 15.5 Å². The minimum Gasteiger partial charge on any atom is -0.385 e. The highest BCUT2D eigenvalue weighted by Crippen LogP contribution is 2.25. The van der Waals surface area contributed by atoms with Crippen LogP contribution in [0.1, 0.15) is 35.7 Å². The van der Waals surface area contributed by atoms with Gasteiger partial charge in [-0.25, -0.2) is 0 Å². The Morgan fingerprint density at radius 3 is 2.95 bits per heavy atom. The highest BCUT2D eigenvalue weighted by atomic mass is 16.2. The zero-order valence-electron chi connectivity index (χ0n) is 12.7. The molecule has 0 aliphatic carbocycles. The molecule has 114 valence electrons. The van der Waals surface area contributed by atoms with E-state index in [9.17, 15) is 9.59 Å². The van der Waals surface area contributed by atoms with E-state index in [4.69, 9.17) is 0 Å². The van der Waals surface area contributed by atoms with Crippen LogP contribution in [-0.4, -0.2) is 43.4 Å². The number of benzene rings is 1. The van der Waals surface area contributed by atoms with Crippen LogP contribution in [0.2, 0.25) is 0 Å². The summed E-state index contributed by atoms with van der Waals surface area (Å²) in [6, 6.07) is 5.73. The Morgan fingerprint density at radius 2 is 2.19 bits per heavy atom. The van der Waals surface area contributed by atoms with Gasteiger partial charge in [-0.15, -0.1) is 0 Å². The Bertz CT molecular complexity index is 528. The van der Waals surface area contributed by atoms with E-state index in [2.05, 4.69) is 10.6 Å². The Labute approximate surface area is 125 Å². The van der Waals surface area contributed by atoms with E-state index in [1.54, 1.807) is 7.05 Å². The number of fused-ring (bicyclic) bond motifs is 1. The largest absolute Gasteiger partial charge is 0.385 e. The second-order valence-electron chi connectivity index (χ2n) is 5.37. The average Bonchev–Trinajstić information content (AvgIpc) is 2.51. The molecule has 2 rings (SSSR count). The van der Waals surface area contributed by atoms with Gasteiger partial charge in [0.2, 0.25) is 5.91 Å². The highest BCUT2D eigenvalue weighted by Gasteiger charge is 2.21. The molecule has 2 amide bonds. The van der Waals surface area contributed by atoms with Crippen molar-refractivity contribution >= 4 is 17.5 Å². The van der Waals surface area contributed by atoms with Crippen LogP contribution in [-0.2, 0) is 11.2 Å². The van der Waals surface area contributed by atoms with Gasteiger partial charge in [-0.3, -0.25) is 9.59 Å². The molecular weight excluding hydrogens is 266 g/mol. The average molecular weight is 289 g/mol. The summed E-state index contributed by atoms with van der Waals surface area (Å²) < 4.78 is 0. The number of rotatable bonds is 5. The summed E-state index contributed by atoms with van der Waals surface area (Å²) in [4.78, 5) is 25.7. The van der Waals surface area contributed by atoms with Crippen LogP contribution in [0.5, 0.6) is 0 Å². The van der Waals surface area contributed by atoms with Crippen LogP contribution < -0.4 is 10.6 Å². The van der Waals surface area contributed by atoms with Gasteiger partial charge in [0, 0.05) is 31.4 Å². The van der Waals surface area contributed by atoms with E-state index < -0.39 is 0 Å². The molecule has 1 aliphatic heterocycles. The lowest BCUT2D eigenvalue weighted by atomic mass is 9.97. The zero-order valence-corrected chi connectivity index (χ0v) is 12.7. The molecule has 0 spiro atoms. The molecule has 0 atom stereocenters. The van der Waals surface area contributed by atoms with Gasteiger partial charge >= 0.3 is 0 Å². The first kappa shape index (κ1) is 15.4. The van der Waals surface area contributed by atoms with E-state index in [0.29, 0.717) is 12.1 Å². The maximum atomic E-state index is 12.5. The van der Waals surface area contributed by atoms with Gasteiger partial charge in [0.05, 0.1) is 6.54 Å². The number of carbonyl (C=O) groups excluding carboxylic acids is 2. The van der Waals surface area contributed by atoms with Gasteiger partial charge in [-0.1, -0.05) is 13.0 Å². The second-order valence-corrected chi connectivity index (χ2v) is 5.37. The number of anilines is 1. The summed E-state index contributed by atoms with van der Waals surface area (Å²) in [6.45, 7) is 3.68. The first-order valence-electron chi connectivity index (χ1n) is 7.51. The first-order chi connectivity index (χ1) is 10.1. The molecule has 1 aromatic carbocycles. The van der Waals surface area contributed by atoms with E-state index in [1.165, 1.54) is 4.90 Å². The van der Waals surface area contributed by atoms with Gasteiger partial charge in [-0.05, 0) is 37.0 Å². The van der Waals surface area contributed by atoms with Crippen LogP contribution in [0.15, 0.2) is 18.2 Å². The third-order valence-electron chi connectivity index (χ3n) is 3.63. The van der Waals surface area contributed by atoms with Crippen LogP contribution in [0.4, 0.5) is 5.69 Å². The fourth-order valence-electron chi connectivity index (χ4n) is 2.52. The summed E-state index contributed by atoms with van der Waals surface area (Å²) >= 11 is 0. The van der Waals surface area contributed by atoms with Crippen molar-refractivity contribution in [2.24, 2.45) is 0 Å². The van der Waals surface area contributed by atoms with Crippen LogP contribution in [0.3, 0.4) is 0 Å². The number of nitrogens with zero attached hydrogens (tertiary/aromatic N) is 1. The van der Waals surface area contributed by atoms with Crippen LogP contribution in [0, 0.1) is 0 Å². The number of likely N-dealkylation sites (N-methyl/N-ethyl adjacent to an activating group) is 1. The molecule has 0 saturated carbocycles. The molecule has 2 N–H and O–H groups in total. The number of hydrogen-bond donors (Lipinski definition) is 2. The number of hydrogen-bond acceptors (Lipinski definition) is 3. The molecule has 0 fully saturated rings. The minimum absolute atomic E-state index is 0.0932. The van der Waals surface area contributed by atoms with Crippen molar-refractivity contribution in [3.8, 4) is 0 Å². The number of carbonyl (C=O) groups is 2. The third-order valence-corrected chi connectivity index (χ3v) is 3.63. The quantitative estimate of drug-likeness (QED) is 0.866. The second kappa shape index (κ2) is 7.11. The topological polar surface area (TPSA) is 61.4 Å². The molecule has 0 unspecified atom stereocenters. The third kappa shape index (κ3) is 3.74. The van der Waals surface area contributed by atoms with E-state index in [-0.39, 0.29) is 18.4 Å². The predicted octanol–water partition coefficient (Wildman–Crippen LogP) is 1.64. The SMILES string of the molecule is CCCNC(=O)CN(C)C(=O)c1cccc2c1CCCN2. The lowest BCUT2D eigenvalue weighted by Gasteiger charge is -2.23. The molecule has 0 radical (unpaired) electrons. The molecule has 0 bridgehead atoms. The maximum absolute atomic E-state index is 12.5. The Morgan fingerprint density at radius 1 is 1.38 bits per heavy atom.